The van der Waals surface area contributed by atoms with E-state index >= 15 is 0 Å². The normalized spacial score (nSPS) is 18.2. The van der Waals surface area contributed by atoms with Crippen molar-refractivity contribution in [3.8, 4) is 11.4 Å². The van der Waals surface area contributed by atoms with Crippen molar-refractivity contribution >= 4 is 0 Å². The maximum Gasteiger partial charge on any atom is 0.159 e. The molecule has 1 aromatic heterocycles. The first kappa shape index (κ1) is 20.6. The van der Waals surface area contributed by atoms with Crippen LogP contribution in [0.2, 0.25) is 0 Å². The molecule has 0 saturated carbocycles. The summed E-state index contributed by atoms with van der Waals surface area (Å²) in [5.74, 6) is 0.784. The molecule has 0 amide bonds. The lowest BCUT2D eigenvalue weighted by atomic mass is 10.1. The number of hydrogen-bond donors (Lipinski definition) is 1. The summed E-state index contributed by atoms with van der Waals surface area (Å²) >= 11 is 0. The van der Waals surface area contributed by atoms with Crippen molar-refractivity contribution in [2.75, 3.05) is 32.8 Å². The second-order valence-electron chi connectivity index (χ2n) is 7.91. The van der Waals surface area contributed by atoms with E-state index in [2.05, 4.69) is 58.7 Å². The highest BCUT2D eigenvalue weighted by Crippen LogP contribution is 2.20. The maximum absolute atomic E-state index is 9.47. The van der Waals surface area contributed by atoms with E-state index in [1.165, 1.54) is 11.1 Å². The van der Waals surface area contributed by atoms with E-state index in [1.807, 2.05) is 24.5 Å². The predicted molar refractivity (Wildman–Crippen MR) is 114 cm³/mol. The number of aromatic nitrogens is 2. The molecule has 1 saturated heterocycles. The zero-order chi connectivity index (χ0) is 19.9. The molecule has 2 aromatic rings. The molecule has 0 bridgehead atoms. The van der Waals surface area contributed by atoms with Crippen molar-refractivity contribution in [3.63, 3.8) is 0 Å². The molecule has 0 spiro atoms. The van der Waals surface area contributed by atoms with Crippen LogP contribution < -0.4 is 0 Å². The summed E-state index contributed by atoms with van der Waals surface area (Å²) in [6.45, 7) is 11.4. The molecular formula is C23H32N4O. The number of aliphatic hydroxyl groups excluding tert-OH is 1. The first-order valence-electron chi connectivity index (χ1n) is 10.1. The molecule has 5 heteroatoms. The molecule has 1 N–H and O–H groups in total. The van der Waals surface area contributed by atoms with E-state index in [1.54, 1.807) is 0 Å². The Labute approximate surface area is 168 Å². The SMILES string of the molecule is CC(C)=CCN1CCN(Cc2cnc(-c3ccccc3C)nc2)C[C@H]1CCO. The van der Waals surface area contributed by atoms with Crippen molar-refractivity contribution in [1.29, 1.82) is 0 Å². The molecule has 2 heterocycles. The molecule has 5 nitrogen and oxygen atoms in total. The van der Waals surface area contributed by atoms with Gasteiger partial charge in [0.15, 0.2) is 5.82 Å². The highest BCUT2D eigenvalue weighted by molar-refractivity contribution is 5.59. The Morgan fingerprint density at radius 2 is 1.93 bits per heavy atom. The summed E-state index contributed by atoms with van der Waals surface area (Å²) in [6, 6.07) is 8.60. The van der Waals surface area contributed by atoms with Crippen LogP contribution >= 0.6 is 0 Å². The van der Waals surface area contributed by atoms with Crippen LogP contribution in [0.5, 0.6) is 0 Å². The summed E-state index contributed by atoms with van der Waals surface area (Å²) in [4.78, 5) is 14.1. The fourth-order valence-corrected chi connectivity index (χ4v) is 3.72. The maximum atomic E-state index is 9.47. The van der Waals surface area contributed by atoms with Gasteiger partial charge < -0.3 is 5.11 Å². The van der Waals surface area contributed by atoms with Crippen LogP contribution in [0.25, 0.3) is 11.4 Å². The molecule has 1 aromatic carbocycles. The summed E-state index contributed by atoms with van der Waals surface area (Å²) in [5, 5.41) is 9.47. The molecular weight excluding hydrogens is 348 g/mol. The minimum Gasteiger partial charge on any atom is -0.396 e. The molecule has 0 unspecified atom stereocenters. The molecule has 1 atom stereocenters. The van der Waals surface area contributed by atoms with E-state index in [-0.39, 0.29) is 6.61 Å². The van der Waals surface area contributed by atoms with Crippen LogP contribution in [0.3, 0.4) is 0 Å². The van der Waals surface area contributed by atoms with Gasteiger partial charge in [-0.15, -0.1) is 0 Å². The zero-order valence-corrected chi connectivity index (χ0v) is 17.3. The Balaban J connectivity index is 1.62. The van der Waals surface area contributed by atoms with Crippen molar-refractivity contribution in [3.05, 3.63) is 59.4 Å². The van der Waals surface area contributed by atoms with Crippen molar-refractivity contribution in [1.82, 2.24) is 19.8 Å². The molecule has 3 rings (SSSR count). The molecule has 0 aliphatic carbocycles. The molecule has 1 aliphatic heterocycles. The predicted octanol–water partition coefficient (Wildman–Crippen LogP) is 3.29. The van der Waals surface area contributed by atoms with E-state index in [0.717, 1.165) is 56.1 Å². The Morgan fingerprint density at radius 1 is 1.18 bits per heavy atom. The number of aryl methyl sites for hydroxylation is 1. The minimum atomic E-state index is 0.234. The second-order valence-corrected chi connectivity index (χ2v) is 7.91. The van der Waals surface area contributed by atoms with E-state index in [4.69, 9.17) is 0 Å². The van der Waals surface area contributed by atoms with E-state index in [0.29, 0.717) is 6.04 Å². The smallest absolute Gasteiger partial charge is 0.159 e. The van der Waals surface area contributed by atoms with Crippen LogP contribution in [0.15, 0.2) is 48.3 Å². The van der Waals surface area contributed by atoms with Crippen LogP contribution in [0.4, 0.5) is 0 Å². The fraction of sp³-hybridized carbons (Fsp3) is 0.478. The monoisotopic (exact) mass is 380 g/mol. The van der Waals surface area contributed by atoms with Crippen molar-refractivity contribution < 1.29 is 5.11 Å². The molecule has 150 valence electrons. The minimum absolute atomic E-state index is 0.234. The number of piperazine rings is 1. The highest BCUT2D eigenvalue weighted by Gasteiger charge is 2.26. The number of allylic oxidation sites excluding steroid dienone is 1. The van der Waals surface area contributed by atoms with Crippen molar-refractivity contribution in [2.45, 2.75) is 39.8 Å². The second kappa shape index (κ2) is 9.92. The van der Waals surface area contributed by atoms with Crippen LogP contribution in [-0.4, -0.2) is 63.7 Å². The summed E-state index contributed by atoms with van der Waals surface area (Å²) in [6.07, 6.45) is 6.99. The topological polar surface area (TPSA) is 52.5 Å². The summed E-state index contributed by atoms with van der Waals surface area (Å²) in [5.41, 5.74) is 4.76. The van der Waals surface area contributed by atoms with Gasteiger partial charge in [0.2, 0.25) is 0 Å². The first-order chi connectivity index (χ1) is 13.6. The van der Waals surface area contributed by atoms with Gasteiger partial charge >= 0.3 is 0 Å². The number of aliphatic hydroxyl groups is 1. The lowest BCUT2D eigenvalue weighted by molar-refractivity contribution is 0.0635. The lowest BCUT2D eigenvalue weighted by Crippen LogP contribution is -2.53. The van der Waals surface area contributed by atoms with Gasteiger partial charge in [0.05, 0.1) is 0 Å². The zero-order valence-electron chi connectivity index (χ0n) is 17.3. The third-order valence-electron chi connectivity index (χ3n) is 5.38. The van der Waals surface area contributed by atoms with Gasteiger partial charge in [-0.25, -0.2) is 9.97 Å². The molecule has 28 heavy (non-hydrogen) atoms. The van der Waals surface area contributed by atoms with Gasteiger partial charge in [0.1, 0.15) is 0 Å². The third kappa shape index (κ3) is 5.47. The average Bonchev–Trinajstić information content (AvgIpc) is 2.69. The highest BCUT2D eigenvalue weighted by atomic mass is 16.3. The fourth-order valence-electron chi connectivity index (χ4n) is 3.72. The number of nitrogens with zero attached hydrogens (tertiary/aromatic N) is 4. The number of hydrogen-bond acceptors (Lipinski definition) is 5. The van der Waals surface area contributed by atoms with E-state index in [9.17, 15) is 5.11 Å². The van der Waals surface area contributed by atoms with Crippen molar-refractivity contribution in [2.24, 2.45) is 0 Å². The lowest BCUT2D eigenvalue weighted by Gasteiger charge is -2.41. The quantitative estimate of drug-likeness (QED) is 0.747. The first-order valence-corrected chi connectivity index (χ1v) is 10.1. The van der Waals surface area contributed by atoms with Gasteiger partial charge in [-0.1, -0.05) is 35.9 Å². The van der Waals surface area contributed by atoms with Gasteiger partial charge in [-0.3, -0.25) is 9.80 Å². The van der Waals surface area contributed by atoms with Gasteiger partial charge in [0.25, 0.3) is 0 Å². The van der Waals surface area contributed by atoms with Gasteiger partial charge in [-0.05, 0) is 32.8 Å². The Kier molecular flexibility index (Phi) is 7.31. The summed E-state index contributed by atoms with van der Waals surface area (Å²) in [7, 11) is 0. The van der Waals surface area contributed by atoms with Crippen LogP contribution in [0, 0.1) is 6.92 Å². The Hall–Kier alpha value is -2.08. The van der Waals surface area contributed by atoms with E-state index < -0.39 is 0 Å². The van der Waals surface area contributed by atoms with Crippen LogP contribution in [0.1, 0.15) is 31.4 Å². The average molecular weight is 381 g/mol. The number of rotatable bonds is 7. The Bertz CT molecular complexity index is 783. The molecule has 0 radical (unpaired) electrons. The standard InChI is InChI=1S/C23H32N4O/c1-18(2)8-10-27-12-11-26(17-21(27)9-13-28)16-20-14-24-23(25-15-20)22-7-5-4-6-19(22)3/h4-8,14-15,21,28H,9-13,16-17H2,1-3H3/t21-/m1/s1. The number of benzene rings is 1. The Morgan fingerprint density at radius 3 is 2.61 bits per heavy atom. The third-order valence-corrected chi connectivity index (χ3v) is 5.38. The van der Waals surface area contributed by atoms with Gasteiger partial charge in [0, 0.05) is 68.9 Å². The molecule has 1 aliphatic rings. The molecule has 1 fully saturated rings. The largest absolute Gasteiger partial charge is 0.396 e. The van der Waals surface area contributed by atoms with Gasteiger partial charge in [-0.2, -0.15) is 0 Å². The van der Waals surface area contributed by atoms with Crippen LogP contribution in [-0.2, 0) is 6.54 Å². The summed E-state index contributed by atoms with van der Waals surface area (Å²) < 4.78 is 0.